The average molecular weight is 457 g/mol. The number of amides is 1. The molecule has 0 aromatic carbocycles. The lowest BCUT2D eigenvalue weighted by molar-refractivity contribution is 0.0950. The Morgan fingerprint density at radius 2 is 2.00 bits per heavy atom. The Hall–Kier alpha value is -1.32. The molecule has 0 radical (unpaired) electrons. The maximum Gasteiger partial charge on any atom is 0.273 e. The topological polar surface area (TPSA) is 96.8 Å². The van der Waals surface area contributed by atoms with Crippen LogP contribution in [-0.4, -0.2) is 52.1 Å². The van der Waals surface area contributed by atoms with Crippen LogP contribution in [0.25, 0.3) is 0 Å². The van der Waals surface area contributed by atoms with Crippen LogP contribution in [0.3, 0.4) is 0 Å². The van der Waals surface area contributed by atoms with E-state index in [0.29, 0.717) is 40.7 Å². The van der Waals surface area contributed by atoms with Crippen LogP contribution >= 0.6 is 48.0 Å². The van der Waals surface area contributed by atoms with Gasteiger partial charge in [0.1, 0.15) is 5.82 Å². The summed E-state index contributed by atoms with van der Waals surface area (Å²) in [7, 11) is 0. The van der Waals surface area contributed by atoms with Crippen LogP contribution < -0.4 is 16.0 Å². The van der Waals surface area contributed by atoms with Gasteiger partial charge in [-0.3, -0.25) is 4.79 Å². The van der Waals surface area contributed by atoms with Gasteiger partial charge in [-0.05, 0) is 32.0 Å². The fraction of sp³-hybridized carbons (Fsp3) is 0.467. The van der Waals surface area contributed by atoms with Crippen molar-refractivity contribution in [2.24, 2.45) is 0 Å². The predicted molar refractivity (Wildman–Crippen MR) is 111 cm³/mol. The van der Waals surface area contributed by atoms with E-state index in [-0.39, 0.29) is 30.7 Å². The standard InChI is InChI=1S/C15H19Cl2N7O.2ClH/c16-10-7-12(17)14(21-8-10)19-5-6-20-15(25)13-9-24(23-22-13)11-1-3-18-4-2-11;;/h7-9,11,18H,1-6H2,(H,19,21)(H,20,25);2*1H. The number of nitrogens with zero attached hydrogens (tertiary/aromatic N) is 4. The molecule has 1 aliphatic rings. The van der Waals surface area contributed by atoms with Crippen molar-refractivity contribution < 1.29 is 4.79 Å². The van der Waals surface area contributed by atoms with Gasteiger partial charge in [-0.25, -0.2) is 9.67 Å². The lowest BCUT2D eigenvalue weighted by Gasteiger charge is -2.22. The first-order valence-electron chi connectivity index (χ1n) is 8.09. The molecular weight excluding hydrogens is 436 g/mol. The van der Waals surface area contributed by atoms with Gasteiger partial charge in [-0.15, -0.1) is 29.9 Å². The molecule has 2 aromatic rings. The van der Waals surface area contributed by atoms with Gasteiger partial charge < -0.3 is 16.0 Å². The van der Waals surface area contributed by atoms with E-state index in [4.69, 9.17) is 23.2 Å². The van der Waals surface area contributed by atoms with Crippen molar-refractivity contribution in [2.45, 2.75) is 18.9 Å². The summed E-state index contributed by atoms with van der Waals surface area (Å²) in [5, 5.41) is 18.1. The van der Waals surface area contributed by atoms with E-state index in [0.717, 1.165) is 25.9 Å². The lowest BCUT2D eigenvalue weighted by atomic mass is 10.1. The number of hydrogen-bond acceptors (Lipinski definition) is 6. The third-order valence-electron chi connectivity index (χ3n) is 3.94. The normalized spacial score (nSPS) is 14.0. The highest BCUT2D eigenvalue weighted by Gasteiger charge is 2.18. The quantitative estimate of drug-likeness (QED) is 0.578. The van der Waals surface area contributed by atoms with Crippen molar-refractivity contribution >= 4 is 59.7 Å². The van der Waals surface area contributed by atoms with Gasteiger partial charge in [0.05, 0.1) is 22.3 Å². The number of carbonyl (C=O) groups excluding carboxylic acids is 1. The second-order valence-electron chi connectivity index (χ2n) is 5.73. The molecule has 1 saturated heterocycles. The van der Waals surface area contributed by atoms with Gasteiger partial charge in [-0.1, -0.05) is 28.4 Å². The molecule has 0 spiro atoms. The van der Waals surface area contributed by atoms with Crippen LogP contribution in [0.4, 0.5) is 5.82 Å². The van der Waals surface area contributed by atoms with Crippen LogP contribution in [0.5, 0.6) is 0 Å². The van der Waals surface area contributed by atoms with Crippen LogP contribution in [0.1, 0.15) is 29.4 Å². The van der Waals surface area contributed by atoms with E-state index < -0.39 is 0 Å². The van der Waals surface area contributed by atoms with Gasteiger partial charge >= 0.3 is 0 Å². The Morgan fingerprint density at radius 1 is 1.26 bits per heavy atom. The van der Waals surface area contributed by atoms with E-state index in [1.807, 2.05) is 0 Å². The molecule has 3 heterocycles. The van der Waals surface area contributed by atoms with Gasteiger partial charge in [0.2, 0.25) is 0 Å². The molecule has 150 valence electrons. The third-order valence-corrected chi connectivity index (χ3v) is 4.43. The summed E-state index contributed by atoms with van der Waals surface area (Å²) in [5.74, 6) is 0.273. The number of anilines is 1. The fourth-order valence-electron chi connectivity index (χ4n) is 2.62. The molecule has 27 heavy (non-hydrogen) atoms. The molecule has 1 fully saturated rings. The van der Waals surface area contributed by atoms with Crippen molar-refractivity contribution in [1.82, 2.24) is 30.6 Å². The Bertz CT molecular complexity index is 737. The average Bonchev–Trinajstić information content (AvgIpc) is 3.11. The molecule has 12 heteroatoms. The first kappa shape index (κ1) is 23.7. The van der Waals surface area contributed by atoms with E-state index in [1.165, 1.54) is 6.20 Å². The zero-order valence-electron chi connectivity index (χ0n) is 14.3. The molecule has 3 rings (SSSR count). The summed E-state index contributed by atoms with van der Waals surface area (Å²) < 4.78 is 1.78. The highest BCUT2D eigenvalue weighted by atomic mass is 35.5. The van der Waals surface area contributed by atoms with Crippen LogP contribution in [0.2, 0.25) is 10.0 Å². The SMILES string of the molecule is Cl.Cl.O=C(NCCNc1ncc(Cl)cc1Cl)c1cn(C2CCNCC2)nn1. The molecule has 3 N–H and O–H groups in total. The Labute approximate surface area is 179 Å². The van der Waals surface area contributed by atoms with E-state index in [1.54, 1.807) is 16.9 Å². The van der Waals surface area contributed by atoms with Crippen LogP contribution in [-0.2, 0) is 0 Å². The first-order chi connectivity index (χ1) is 12.1. The summed E-state index contributed by atoms with van der Waals surface area (Å²) in [4.78, 5) is 16.2. The fourth-order valence-corrected chi connectivity index (χ4v) is 3.07. The van der Waals surface area contributed by atoms with Crippen LogP contribution in [0.15, 0.2) is 18.5 Å². The largest absolute Gasteiger partial charge is 0.367 e. The number of carbonyl (C=O) groups is 1. The zero-order valence-corrected chi connectivity index (χ0v) is 17.5. The molecule has 0 aliphatic carbocycles. The van der Waals surface area contributed by atoms with Crippen LogP contribution in [0, 0.1) is 0 Å². The Morgan fingerprint density at radius 3 is 2.70 bits per heavy atom. The predicted octanol–water partition coefficient (Wildman–Crippen LogP) is 2.59. The number of hydrogen-bond donors (Lipinski definition) is 3. The number of halogens is 4. The minimum Gasteiger partial charge on any atom is -0.367 e. The lowest BCUT2D eigenvalue weighted by Crippen LogP contribution is -2.30. The van der Waals surface area contributed by atoms with Crippen molar-refractivity contribution in [3.8, 4) is 0 Å². The van der Waals surface area contributed by atoms with Gasteiger partial charge in [0.25, 0.3) is 5.91 Å². The smallest absolute Gasteiger partial charge is 0.273 e. The molecular formula is C15H21Cl4N7O. The molecule has 0 bridgehead atoms. The van der Waals surface area contributed by atoms with Gasteiger partial charge in [0.15, 0.2) is 5.69 Å². The number of aromatic nitrogens is 4. The Balaban J connectivity index is 0.00000182. The van der Waals surface area contributed by atoms with Crippen molar-refractivity contribution in [3.63, 3.8) is 0 Å². The van der Waals surface area contributed by atoms with Crippen molar-refractivity contribution in [3.05, 3.63) is 34.2 Å². The molecule has 8 nitrogen and oxygen atoms in total. The summed E-state index contributed by atoms with van der Waals surface area (Å²) in [6.45, 7) is 2.79. The maximum absolute atomic E-state index is 12.1. The second kappa shape index (κ2) is 11.5. The molecule has 1 aliphatic heterocycles. The van der Waals surface area contributed by atoms with Crippen molar-refractivity contribution in [2.75, 3.05) is 31.5 Å². The highest BCUT2D eigenvalue weighted by molar-refractivity contribution is 6.35. The zero-order chi connectivity index (χ0) is 17.6. The first-order valence-corrected chi connectivity index (χ1v) is 8.85. The molecule has 2 aromatic heterocycles. The minimum absolute atomic E-state index is 0. The Kier molecular flexibility index (Phi) is 10.1. The molecule has 0 unspecified atom stereocenters. The monoisotopic (exact) mass is 455 g/mol. The number of pyridine rings is 1. The maximum atomic E-state index is 12.1. The van der Waals surface area contributed by atoms with Gasteiger partial charge in [-0.2, -0.15) is 0 Å². The summed E-state index contributed by atoms with van der Waals surface area (Å²) in [6, 6.07) is 1.91. The van der Waals surface area contributed by atoms with Gasteiger partial charge in [0, 0.05) is 19.3 Å². The second-order valence-corrected chi connectivity index (χ2v) is 6.58. The number of piperidine rings is 1. The summed E-state index contributed by atoms with van der Waals surface area (Å²) in [6.07, 6.45) is 5.19. The summed E-state index contributed by atoms with van der Waals surface area (Å²) >= 11 is 11.8. The minimum atomic E-state index is -0.253. The summed E-state index contributed by atoms with van der Waals surface area (Å²) in [5.41, 5.74) is 0.321. The third kappa shape index (κ3) is 6.65. The highest BCUT2D eigenvalue weighted by Crippen LogP contribution is 2.22. The molecule has 0 saturated carbocycles. The van der Waals surface area contributed by atoms with E-state index in [9.17, 15) is 4.79 Å². The molecule has 0 atom stereocenters. The number of rotatable bonds is 6. The number of nitrogens with one attached hydrogen (secondary N) is 3. The van der Waals surface area contributed by atoms with Crippen molar-refractivity contribution in [1.29, 1.82) is 0 Å². The molecule has 1 amide bonds. The van der Waals surface area contributed by atoms with E-state index in [2.05, 4.69) is 31.2 Å². The van der Waals surface area contributed by atoms with E-state index >= 15 is 0 Å².